The van der Waals surface area contributed by atoms with Crippen LogP contribution in [0.1, 0.15) is 10.4 Å². The Hall–Kier alpha value is -1.49. The van der Waals surface area contributed by atoms with Gasteiger partial charge in [0.1, 0.15) is 0 Å². The van der Waals surface area contributed by atoms with Crippen LogP contribution in [0.25, 0.3) is 0 Å². The molecule has 0 heterocycles. The second-order valence-electron chi connectivity index (χ2n) is 3.14. The summed E-state index contributed by atoms with van der Waals surface area (Å²) in [6, 6.07) is 6.84. The van der Waals surface area contributed by atoms with E-state index in [2.05, 4.69) is 10.6 Å². The maximum absolute atomic E-state index is 11.3. The van der Waals surface area contributed by atoms with Crippen LogP contribution in [0.5, 0.6) is 0 Å². The summed E-state index contributed by atoms with van der Waals surface area (Å²) in [6.45, 7) is 0. The fourth-order valence-electron chi connectivity index (χ4n) is 1.21. The molecule has 86 valence electrons. The summed E-state index contributed by atoms with van der Waals surface area (Å²) < 4.78 is 0. The molecule has 0 spiro atoms. The van der Waals surface area contributed by atoms with Crippen molar-refractivity contribution in [2.75, 3.05) is 24.4 Å². The number of amides is 2. The van der Waals surface area contributed by atoms with E-state index in [0.717, 1.165) is 0 Å². The molecule has 0 aliphatic carbocycles. The summed E-state index contributed by atoms with van der Waals surface area (Å²) in [6.07, 6.45) is 1.86. The molecule has 1 rings (SSSR count). The van der Waals surface area contributed by atoms with Gasteiger partial charge in [-0.25, -0.2) is 0 Å². The number of rotatable bonds is 4. The highest BCUT2D eigenvalue weighted by Crippen LogP contribution is 2.11. The van der Waals surface area contributed by atoms with Crippen LogP contribution < -0.4 is 10.6 Å². The van der Waals surface area contributed by atoms with Crippen molar-refractivity contribution in [3.05, 3.63) is 29.8 Å². The molecule has 4 nitrogen and oxygen atoms in total. The van der Waals surface area contributed by atoms with Crippen LogP contribution in [0.4, 0.5) is 5.69 Å². The molecule has 16 heavy (non-hydrogen) atoms. The lowest BCUT2D eigenvalue weighted by Gasteiger charge is -2.06. The molecular weight excluding hydrogens is 224 g/mol. The fraction of sp³-hybridized carbons (Fsp3) is 0.273. The van der Waals surface area contributed by atoms with Gasteiger partial charge in [-0.3, -0.25) is 9.59 Å². The van der Waals surface area contributed by atoms with Gasteiger partial charge in [0.2, 0.25) is 5.91 Å². The maximum atomic E-state index is 11.3. The second kappa shape index (κ2) is 6.17. The van der Waals surface area contributed by atoms with E-state index in [1.165, 1.54) is 11.8 Å². The van der Waals surface area contributed by atoms with Crippen LogP contribution >= 0.6 is 11.8 Å². The van der Waals surface area contributed by atoms with Crippen molar-refractivity contribution < 1.29 is 9.59 Å². The van der Waals surface area contributed by atoms with E-state index >= 15 is 0 Å². The number of carbonyl (C=O) groups excluding carboxylic acids is 2. The second-order valence-corrected chi connectivity index (χ2v) is 4.01. The van der Waals surface area contributed by atoms with Crippen molar-refractivity contribution >= 4 is 29.3 Å². The first-order valence-electron chi connectivity index (χ1n) is 4.78. The molecule has 0 radical (unpaired) electrons. The third-order valence-corrected chi connectivity index (χ3v) is 2.46. The lowest BCUT2D eigenvalue weighted by Crippen LogP contribution is -2.18. The van der Waals surface area contributed by atoms with Gasteiger partial charge in [-0.1, -0.05) is 6.07 Å². The van der Waals surface area contributed by atoms with Crippen LogP contribution in [0.2, 0.25) is 0 Å². The SMILES string of the molecule is CNC(=O)c1cccc(NC(=O)CSC)c1. The molecule has 0 aromatic heterocycles. The summed E-state index contributed by atoms with van der Waals surface area (Å²) in [4.78, 5) is 22.7. The highest BCUT2D eigenvalue weighted by atomic mass is 32.2. The molecule has 2 N–H and O–H groups in total. The van der Waals surface area contributed by atoms with Gasteiger partial charge < -0.3 is 10.6 Å². The zero-order valence-corrected chi connectivity index (χ0v) is 10.1. The molecule has 0 unspecified atom stereocenters. The van der Waals surface area contributed by atoms with Gasteiger partial charge in [0.25, 0.3) is 5.91 Å². The zero-order chi connectivity index (χ0) is 12.0. The van der Waals surface area contributed by atoms with Gasteiger partial charge in [0.05, 0.1) is 5.75 Å². The Morgan fingerprint density at radius 2 is 2.12 bits per heavy atom. The van der Waals surface area contributed by atoms with E-state index in [1.807, 2.05) is 6.26 Å². The first kappa shape index (κ1) is 12.6. The topological polar surface area (TPSA) is 58.2 Å². The number of carbonyl (C=O) groups is 2. The zero-order valence-electron chi connectivity index (χ0n) is 9.24. The minimum absolute atomic E-state index is 0.0680. The van der Waals surface area contributed by atoms with Gasteiger partial charge in [0.15, 0.2) is 0 Å². The van der Waals surface area contributed by atoms with Gasteiger partial charge in [-0.15, -0.1) is 0 Å². The van der Waals surface area contributed by atoms with Crippen LogP contribution in [-0.4, -0.2) is 30.9 Å². The number of benzene rings is 1. The third-order valence-electron chi connectivity index (χ3n) is 1.91. The van der Waals surface area contributed by atoms with Crippen LogP contribution in [0, 0.1) is 0 Å². The Morgan fingerprint density at radius 1 is 1.38 bits per heavy atom. The van der Waals surface area contributed by atoms with Crippen molar-refractivity contribution in [2.45, 2.75) is 0 Å². The molecule has 0 aliphatic heterocycles. The van der Waals surface area contributed by atoms with Crippen LogP contribution in [0.3, 0.4) is 0 Å². The van der Waals surface area contributed by atoms with Gasteiger partial charge in [-0.2, -0.15) is 11.8 Å². The van der Waals surface area contributed by atoms with E-state index in [4.69, 9.17) is 0 Å². The summed E-state index contributed by atoms with van der Waals surface area (Å²) in [5.74, 6) is 0.173. The number of hydrogen-bond acceptors (Lipinski definition) is 3. The van der Waals surface area contributed by atoms with Gasteiger partial charge in [0, 0.05) is 18.3 Å². The lowest BCUT2D eigenvalue weighted by molar-refractivity contribution is -0.113. The van der Waals surface area contributed by atoms with Crippen LogP contribution in [0.15, 0.2) is 24.3 Å². The van der Waals surface area contributed by atoms with E-state index in [-0.39, 0.29) is 11.8 Å². The minimum Gasteiger partial charge on any atom is -0.355 e. The first-order chi connectivity index (χ1) is 7.67. The molecule has 0 atom stereocenters. The average Bonchev–Trinajstić information content (AvgIpc) is 2.28. The monoisotopic (exact) mass is 238 g/mol. The van der Waals surface area contributed by atoms with Gasteiger partial charge >= 0.3 is 0 Å². The third kappa shape index (κ3) is 3.58. The maximum Gasteiger partial charge on any atom is 0.251 e. The normalized spacial score (nSPS) is 9.62. The number of nitrogens with one attached hydrogen (secondary N) is 2. The number of anilines is 1. The first-order valence-corrected chi connectivity index (χ1v) is 6.17. The Morgan fingerprint density at radius 3 is 2.75 bits per heavy atom. The highest BCUT2D eigenvalue weighted by molar-refractivity contribution is 7.99. The average molecular weight is 238 g/mol. The molecule has 2 amide bonds. The Bertz CT molecular complexity index is 393. The van der Waals surface area contributed by atoms with Crippen molar-refractivity contribution in [2.24, 2.45) is 0 Å². The molecule has 0 fully saturated rings. The Kier molecular flexibility index (Phi) is 4.85. The van der Waals surface area contributed by atoms with Crippen molar-refractivity contribution in [1.82, 2.24) is 5.32 Å². The van der Waals surface area contributed by atoms with Crippen LogP contribution in [-0.2, 0) is 4.79 Å². The lowest BCUT2D eigenvalue weighted by atomic mass is 10.2. The molecule has 0 saturated heterocycles. The molecular formula is C11H14N2O2S. The number of thioether (sulfide) groups is 1. The smallest absolute Gasteiger partial charge is 0.251 e. The predicted octanol–water partition coefficient (Wildman–Crippen LogP) is 1.35. The largest absolute Gasteiger partial charge is 0.355 e. The quantitative estimate of drug-likeness (QED) is 0.832. The van der Waals surface area contributed by atoms with Crippen molar-refractivity contribution in [3.63, 3.8) is 0 Å². The van der Waals surface area contributed by atoms with E-state index in [9.17, 15) is 9.59 Å². The Labute approximate surface area is 98.8 Å². The Balaban J connectivity index is 2.74. The fourth-order valence-corrected chi connectivity index (χ4v) is 1.55. The molecule has 0 saturated carbocycles. The molecule has 0 aliphatic rings. The summed E-state index contributed by atoms with van der Waals surface area (Å²) in [5, 5.41) is 5.25. The van der Waals surface area contributed by atoms with E-state index in [1.54, 1.807) is 31.3 Å². The van der Waals surface area contributed by atoms with Crippen molar-refractivity contribution in [1.29, 1.82) is 0 Å². The van der Waals surface area contributed by atoms with E-state index < -0.39 is 0 Å². The summed E-state index contributed by atoms with van der Waals surface area (Å²) in [5.41, 5.74) is 1.17. The summed E-state index contributed by atoms with van der Waals surface area (Å²) >= 11 is 1.45. The highest BCUT2D eigenvalue weighted by Gasteiger charge is 2.05. The predicted molar refractivity (Wildman–Crippen MR) is 66.8 cm³/mol. The van der Waals surface area contributed by atoms with E-state index in [0.29, 0.717) is 17.0 Å². The minimum atomic E-state index is -0.166. The summed E-state index contributed by atoms with van der Waals surface area (Å²) in [7, 11) is 1.57. The van der Waals surface area contributed by atoms with Crippen molar-refractivity contribution in [3.8, 4) is 0 Å². The number of hydrogen-bond donors (Lipinski definition) is 2. The van der Waals surface area contributed by atoms with Gasteiger partial charge in [-0.05, 0) is 24.5 Å². The molecule has 1 aromatic rings. The molecule has 0 bridgehead atoms. The molecule has 5 heteroatoms. The standard InChI is InChI=1S/C11H14N2O2S/c1-12-11(15)8-4-3-5-9(6-8)13-10(14)7-16-2/h3-6H,7H2,1-2H3,(H,12,15)(H,13,14). The molecule has 1 aromatic carbocycles.